The SMILES string of the molecule is CN(C)C(=S)[S-].CN(C)C(=S)[S-].CN(C)C(=S)[S-].[Fe+2]. The zero-order chi connectivity index (χ0) is 15.5. The van der Waals surface area contributed by atoms with Crippen LogP contribution in [0.15, 0.2) is 0 Å². The van der Waals surface area contributed by atoms with Crippen molar-refractivity contribution >= 4 is 87.5 Å². The molecule has 0 amide bonds. The van der Waals surface area contributed by atoms with Gasteiger partial charge in [0.2, 0.25) is 0 Å². The van der Waals surface area contributed by atoms with Crippen LogP contribution in [-0.4, -0.2) is 69.9 Å². The molecule has 19 heavy (non-hydrogen) atoms. The van der Waals surface area contributed by atoms with Crippen LogP contribution in [0.4, 0.5) is 0 Å². The number of thiocarbonyl (C=S) groups is 3. The molecule has 3 nitrogen and oxygen atoms in total. The smallest absolute Gasteiger partial charge is 0.411 e. The Labute approximate surface area is 160 Å². The number of hydrogen-bond acceptors (Lipinski definition) is 6. The molecule has 0 saturated heterocycles. The first-order valence-electron chi connectivity index (χ1n) is 4.58. The van der Waals surface area contributed by atoms with Gasteiger partial charge in [0.05, 0.1) is 0 Å². The average molecular weight is 417 g/mol. The van der Waals surface area contributed by atoms with E-state index in [1.165, 1.54) is 0 Å². The zero-order valence-electron chi connectivity index (χ0n) is 11.6. The fraction of sp³-hybridized carbons (Fsp3) is 0.667. The summed E-state index contributed by atoms with van der Waals surface area (Å²) in [6.45, 7) is 0. The molecule has 10 heteroatoms. The molecular weight excluding hydrogens is 398 g/mol. The minimum atomic E-state index is 0. The summed E-state index contributed by atoms with van der Waals surface area (Å²) < 4.78 is 1.53. The van der Waals surface area contributed by atoms with Gasteiger partial charge in [-0.3, -0.25) is 0 Å². The van der Waals surface area contributed by atoms with E-state index in [2.05, 4.69) is 74.5 Å². The molecule has 0 atom stereocenters. The van der Waals surface area contributed by atoms with Crippen molar-refractivity contribution in [3.05, 3.63) is 0 Å². The molecule has 0 aliphatic carbocycles. The number of nitrogens with zero attached hydrogens (tertiary/aromatic N) is 3. The van der Waals surface area contributed by atoms with E-state index in [0.29, 0.717) is 13.0 Å². The van der Waals surface area contributed by atoms with Crippen LogP contribution in [0, 0.1) is 0 Å². The summed E-state index contributed by atoms with van der Waals surface area (Å²) in [5.41, 5.74) is 0. The van der Waals surface area contributed by atoms with Crippen molar-refractivity contribution in [2.75, 3.05) is 42.3 Å². The van der Waals surface area contributed by atoms with E-state index in [1.54, 1.807) is 14.7 Å². The minimum Gasteiger partial charge on any atom is -0.411 e. The molecule has 0 saturated carbocycles. The number of rotatable bonds is 0. The van der Waals surface area contributed by atoms with E-state index in [-0.39, 0.29) is 17.1 Å². The van der Waals surface area contributed by atoms with Crippen LogP contribution in [0.25, 0.3) is 0 Å². The third-order valence-electron chi connectivity index (χ3n) is 1.10. The monoisotopic (exact) mass is 416 g/mol. The molecular formula is C9H18FeN3S6-. The maximum atomic E-state index is 4.56. The van der Waals surface area contributed by atoms with Crippen molar-refractivity contribution in [1.29, 1.82) is 0 Å². The van der Waals surface area contributed by atoms with E-state index < -0.39 is 0 Å². The summed E-state index contributed by atoms with van der Waals surface area (Å²) in [6, 6.07) is 0. The fourth-order valence-electron chi connectivity index (χ4n) is 0. The largest absolute Gasteiger partial charge is 2.00 e. The molecule has 114 valence electrons. The van der Waals surface area contributed by atoms with Crippen molar-refractivity contribution in [1.82, 2.24) is 14.7 Å². The summed E-state index contributed by atoms with van der Waals surface area (Å²) in [5, 5.41) is 0. The molecule has 0 spiro atoms. The normalized spacial score (nSPS) is 7.26. The van der Waals surface area contributed by atoms with Crippen LogP contribution in [0.3, 0.4) is 0 Å². The third-order valence-corrected chi connectivity index (χ3v) is 3.29. The Morgan fingerprint density at radius 1 is 0.579 bits per heavy atom. The van der Waals surface area contributed by atoms with E-state index >= 15 is 0 Å². The van der Waals surface area contributed by atoms with Crippen LogP contribution in [0.1, 0.15) is 0 Å². The second-order valence-corrected chi connectivity index (χ2v) is 6.58. The second-order valence-electron chi connectivity index (χ2n) is 3.48. The number of hydrogen-bond donors (Lipinski definition) is 0. The Morgan fingerprint density at radius 2 is 0.632 bits per heavy atom. The van der Waals surface area contributed by atoms with Gasteiger partial charge >= 0.3 is 17.1 Å². The maximum absolute atomic E-state index is 4.56. The molecule has 0 rings (SSSR count). The van der Waals surface area contributed by atoms with Crippen LogP contribution in [0.5, 0.6) is 0 Å². The van der Waals surface area contributed by atoms with Gasteiger partial charge < -0.3 is 89.2 Å². The van der Waals surface area contributed by atoms with Crippen molar-refractivity contribution in [3.8, 4) is 0 Å². The summed E-state index contributed by atoms with van der Waals surface area (Å²) in [7, 11) is 11.0. The van der Waals surface area contributed by atoms with Crippen molar-refractivity contribution in [3.63, 3.8) is 0 Å². The molecule has 0 radical (unpaired) electrons. The van der Waals surface area contributed by atoms with Gasteiger partial charge in [0.15, 0.2) is 0 Å². The van der Waals surface area contributed by atoms with Gasteiger partial charge in [0, 0.05) is 42.3 Å². The van der Waals surface area contributed by atoms with E-state index in [1.807, 2.05) is 42.3 Å². The zero-order valence-corrected chi connectivity index (χ0v) is 17.6. The molecule has 0 N–H and O–H groups in total. The van der Waals surface area contributed by atoms with Gasteiger partial charge in [-0.1, -0.05) is 13.0 Å². The predicted octanol–water partition coefficient (Wildman–Crippen LogP) is 1.14. The Balaban J connectivity index is -0.0000000865. The Hall–Kier alpha value is 0.849. The van der Waals surface area contributed by atoms with Crippen molar-refractivity contribution in [2.24, 2.45) is 0 Å². The summed E-state index contributed by atoms with van der Waals surface area (Å²) in [6.07, 6.45) is 0. The van der Waals surface area contributed by atoms with Gasteiger partial charge in [-0.2, -0.15) is 0 Å². The quantitative estimate of drug-likeness (QED) is 0.324. The Bertz CT molecular complexity index is 228. The first kappa shape index (κ1) is 28.1. The van der Waals surface area contributed by atoms with Crippen molar-refractivity contribution < 1.29 is 17.1 Å². The average Bonchev–Trinajstić information content (AvgIpc) is 2.18. The Kier molecular flexibility index (Phi) is 25.0. The molecule has 0 aromatic heterocycles. The van der Waals surface area contributed by atoms with E-state index in [0.717, 1.165) is 0 Å². The molecule has 0 aromatic carbocycles. The molecule has 0 bridgehead atoms. The fourth-order valence-corrected chi connectivity index (χ4v) is 0. The topological polar surface area (TPSA) is 9.72 Å². The van der Waals surface area contributed by atoms with Gasteiger partial charge in [-0.15, -0.1) is 0 Å². The van der Waals surface area contributed by atoms with Crippen LogP contribution in [0.2, 0.25) is 0 Å². The molecule has 0 fully saturated rings. The minimum absolute atomic E-state index is 0. The van der Waals surface area contributed by atoms with Crippen LogP contribution >= 0.6 is 36.7 Å². The molecule has 0 aliphatic rings. The molecule has 0 heterocycles. The van der Waals surface area contributed by atoms with Gasteiger partial charge in [0.25, 0.3) is 0 Å². The Morgan fingerprint density at radius 3 is 0.632 bits per heavy atom. The molecule has 0 aliphatic heterocycles. The second kappa shape index (κ2) is 16.9. The molecule has 0 unspecified atom stereocenters. The van der Waals surface area contributed by atoms with Gasteiger partial charge in [0.1, 0.15) is 0 Å². The van der Waals surface area contributed by atoms with Gasteiger partial charge in [-0.25, -0.2) is 0 Å². The first-order chi connectivity index (χ1) is 7.93. The predicted molar refractivity (Wildman–Crippen MR) is 101 cm³/mol. The first-order valence-corrected chi connectivity index (χ1v) is 7.03. The summed E-state index contributed by atoms with van der Waals surface area (Å²) >= 11 is 27.4. The standard InChI is InChI=1S/3C3H7NS2.Fe/c3*1-4(2)3(5)6;/h3*1-2H3,(H,5,6);/q;;;+2/p-3. The van der Waals surface area contributed by atoms with E-state index in [9.17, 15) is 0 Å². The summed E-state index contributed by atoms with van der Waals surface area (Å²) in [5.74, 6) is 0. The molecule has 0 aromatic rings. The van der Waals surface area contributed by atoms with E-state index in [4.69, 9.17) is 0 Å². The van der Waals surface area contributed by atoms with Crippen molar-refractivity contribution in [2.45, 2.75) is 0 Å². The third kappa shape index (κ3) is 32.4. The summed E-state index contributed by atoms with van der Waals surface area (Å²) in [4.78, 5) is 5.14. The maximum Gasteiger partial charge on any atom is 2.00 e. The van der Waals surface area contributed by atoms with Crippen LogP contribution < -0.4 is 0 Å². The van der Waals surface area contributed by atoms with Gasteiger partial charge in [-0.05, 0) is 0 Å². The van der Waals surface area contributed by atoms with Crippen LogP contribution in [-0.2, 0) is 55.0 Å².